The molecule has 0 fully saturated rings. The van der Waals surface area contributed by atoms with Gasteiger partial charge < -0.3 is 10.6 Å². The largest absolute Gasteiger partial charge is 0.405 e. The van der Waals surface area contributed by atoms with Gasteiger partial charge in [-0.1, -0.05) is 6.92 Å². The van der Waals surface area contributed by atoms with Gasteiger partial charge in [0.2, 0.25) is 0 Å². The highest BCUT2D eigenvalue weighted by molar-refractivity contribution is 5.50. The molecule has 2 N–H and O–H groups in total. The number of halogens is 3. The van der Waals surface area contributed by atoms with Gasteiger partial charge in [-0.2, -0.15) is 13.2 Å². The number of aryl methyl sites for hydroxylation is 2. The fraction of sp³-hybridized carbons (Fsp3) is 0.667. The first-order valence-corrected chi connectivity index (χ1v) is 7.48. The lowest BCUT2D eigenvalue weighted by Gasteiger charge is -2.28. The van der Waals surface area contributed by atoms with Crippen molar-refractivity contribution in [2.75, 3.05) is 18.0 Å². The second-order valence-corrected chi connectivity index (χ2v) is 5.52. The highest BCUT2D eigenvalue weighted by atomic mass is 19.4. The van der Waals surface area contributed by atoms with Crippen molar-refractivity contribution < 1.29 is 13.2 Å². The van der Waals surface area contributed by atoms with E-state index in [1.165, 1.54) is 4.90 Å². The van der Waals surface area contributed by atoms with Gasteiger partial charge in [0.1, 0.15) is 12.4 Å². The van der Waals surface area contributed by atoms with Crippen LogP contribution in [0.15, 0.2) is 6.07 Å². The summed E-state index contributed by atoms with van der Waals surface area (Å²) in [6.07, 6.45) is 0.354. The summed E-state index contributed by atoms with van der Waals surface area (Å²) < 4.78 is 38.4. The maximum Gasteiger partial charge on any atom is 0.405 e. The Bertz CT molecular complexity index is 486. The molecule has 0 unspecified atom stereocenters. The van der Waals surface area contributed by atoms with Gasteiger partial charge in [0.15, 0.2) is 0 Å². The van der Waals surface area contributed by atoms with Gasteiger partial charge in [-0.3, -0.25) is 0 Å². The van der Waals surface area contributed by atoms with Crippen LogP contribution in [0.4, 0.5) is 19.0 Å². The van der Waals surface area contributed by atoms with Gasteiger partial charge in [-0.25, -0.2) is 4.98 Å². The third kappa shape index (κ3) is 4.09. The van der Waals surface area contributed by atoms with Crippen molar-refractivity contribution in [3.8, 4) is 0 Å². The van der Waals surface area contributed by atoms with Crippen LogP contribution in [0.1, 0.15) is 43.0 Å². The van der Waals surface area contributed by atoms with Crippen LogP contribution in [0, 0.1) is 0 Å². The monoisotopic (exact) mass is 301 g/mol. The topological polar surface area (TPSA) is 42.2 Å². The number of nitrogens with two attached hydrogens (primary N) is 1. The van der Waals surface area contributed by atoms with Gasteiger partial charge in [-0.15, -0.1) is 0 Å². The zero-order valence-electron chi connectivity index (χ0n) is 12.3. The Balaban J connectivity index is 2.38. The standard InChI is InChI=1S/C15H22F3N3/c1-2-7-21(10-15(16,17)18)14-12(9-19)8-11-5-3-4-6-13(11)20-14/h8H,2-7,9-10,19H2,1H3. The molecule has 3 nitrogen and oxygen atoms in total. The summed E-state index contributed by atoms with van der Waals surface area (Å²) in [6, 6.07) is 1.95. The van der Waals surface area contributed by atoms with E-state index >= 15 is 0 Å². The molecule has 118 valence electrons. The molecule has 1 aromatic rings. The van der Waals surface area contributed by atoms with E-state index in [4.69, 9.17) is 5.73 Å². The number of anilines is 1. The first-order chi connectivity index (χ1) is 9.94. The molecule has 1 heterocycles. The molecule has 1 aliphatic carbocycles. The predicted molar refractivity (Wildman–Crippen MR) is 77.3 cm³/mol. The summed E-state index contributed by atoms with van der Waals surface area (Å²) in [7, 11) is 0. The van der Waals surface area contributed by atoms with E-state index in [0.29, 0.717) is 24.3 Å². The molecule has 0 aromatic carbocycles. The summed E-state index contributed by atoms with van der Waals surface area (Å²) >= 11 is 0. The molecule has 0 spiro atoms. The van der Waals surface area contributed by atoms with Crippen LogP contribution in [0.3, 0.4) is 0 Å². The average Bonchev–Trinajstić information content (AvgIpc) is 2.44. The van der Waals surface area contributed by atoms with Gasteiger partial charge in [-0.05, 0) is 43.7 Å². The number of hydrogen-bond donors (Lipinski definition) is 1. The summed E-state index contributed by atoms with van der Waals surface area (Å²) in [6.45, 7) is 1.44. The average molecular weight is 301 g/mol. The van der Waals surface area contributed by atoms with E-state index in [9.17, 15) is 13.2 Å². The van der Waals surface area contributed by atoms with Crippen LogP contribution in [-0.2, 0) is 19.4 Å². The minimum absolute atomic E-state index is 0.216. The molecule has 0 atom stereocenters. The van der Waals surface area contributed by atoms with Gasteiger partial charge >= 0.3 is 6.18 Å². The zero-order chi connectivity index (χ0) is 15.5. The molecule has 0 amide bonds. The summed E-state index contributed by atoms with van der Waals surface area (Å²) in [5.41, 5.74) is 8.54. The number of fused-ring (bicyclic) bond motifs is 1. The molecule has 1 aromatic heterocycles. The maximum atomic E-state index is 12.8. The summed E-state index contributed by atoms with van der Waals surface area (Å²) in [5.74, 6) is 0.414. The Morgan fingerprint density at radius 3 is 2.62 bits per heavy atom. The second kappa shape index (κ2) is 6.64. The Labute approximate surface area is 123 Å². The van der Waals surface area contributed by atoms with Crippen molar-refractivity contribution in [2.45, 2.75) is 51.7 Å². The van der Waals surface area contributed by atoms with E-state index in [-0.39, 0.29) is 6.54 Å². The van der Waals surface area contributed by atoms with E-state index in [1.807, 2.05) is 13.0 Å². The smallest absolute Gasteiger partial charge is 0.347 e. The van der Waals surface area contributed by atoms with Crippen LogP contribution in [-0.4, -0.2) is 24.2 Å². The number of rotatable bonds is 5. The summed E-state index contributed by atoms with van der Waals surface area (Å²) in [5, 5.41) is 0. The van der Waals surface area contributed by atoms with Crippen LogP contribution in [0.5, 0.6) is 0 Å². The van der Waals surface area contributed by atoms with Crippen molar-refractivity contribution in [2.24, 2.45) is 5.73 Å². The number of hydrogen-bond acceptors (Lipinski definition) is 3. The van der Waals surface area contributed by atoms with Crippen LogP contribution in [0.2, 0.25) is 0 Å². The molecule has 0 saturated carbocycles. The minimum atomic E-state index is -4.24. The van der Waals surface area contributed by atoms with E-state index in [2.05, 4.69) is 4.98 Å². The van der Waals surface area contributed by atoms with E-state index in [0.717, 1.165) is 36.9 Å². The fourth-order valence-corrected chi connectivity index (χ4v) is 2.84. The SMILES string of the molecule is CCCN(CC(F)(F)F)c1nc2c(cc1CN)CCCC2. The fourth-order valence-electron chi connectivity index (χ4n) is 2.84. The normalized spacial score (nSPS) is 14.9. The molecule has 21 heavy (non-hydrogen) atoms. The molecular formula is C15H22F3N3. The number of alkyl halides is 3. The number of nitrogens with zero attached hydrogens (tertiary/aromatic N) is 2. The molecule has 6 heteroatoms. The zero-order valence-corrected chi connectivity index (χ0v) is 12.3. The van der Waals surface area contributed by atoms with Crippen molar-refractivity contribution in [1.82, 2.24) is 4.98 Å². The van der Waals surface area contributed by atoms with Crippen molar-refractivity contribution in [3.05, 3.63) is 22.9 Å². The first kappa shape index (κ1) is 16.1. The third-order valence-electron chi connectivity index (χ3n) is 3.74. The first-order valence-electron chi connectivity index (χ1n) is 7.48. The molecule has 1 aliphatic rings. The van der Waals surface area contributed by atoms with E-state index in [1.54, 1.807) is 0 Å². The van der Waals surface area contributed by atoms with Crippen molar-refractivity contribution in [1.29, 1.82) is 0 Å². The molecule has 0 bridgehead atoms. The number of aromatic nitrogens is 1. The molecule has 0 radical (unpaired) electrons. The van der Waals surface area contributed by atoms with E-state index < -0.39 is 12.7 Å². The lowest BCUT2D eigenvalue weighted by atomic mass is 9.94. The van der Waals surface area contributed by atoms with Crippen molar-refractivity contribution in [3.63, 3.8) is 0 Å². The Hall–Kier alpha value is -1.30. The molecule has 0 aliphatic heterocycles. The minimum Gasteiger partial charge on any atom is -0.347 e. The summed E-state index contributed by atoms with van der Waals surface area (Å²) in [4.78, 5) is 5.85. The molecular weight excluding hydrogens is 279 g/mol. The molecule has 0 saturated heterocycles. The third-order valence-corrected chi connectivity index (χ3v) is 3.74. The van der Waals surface area contributed by atoms with Crippen LogP contribution in [0.25, 0.3) is 0 Å². The predicted octanol–water partition coefficient (Wildman–Crippen LogP) is 3.20. The lowest BCUT2D eigenvalue weighted by Crippen LogP contribution is -2.36. The Kier molecular flexibility index (Phi) is 5.08. The number of pyridine rings is 1. The van der Waals surface area contributed by atoms with Gasteiger partial charge in [0, 0.05) is 24.3 Å². The second-order valence-electron chi connectivity index (χ2n) is 5.52. The van der Waals surface area contributed by atoms with Gasteiger partial charge in [0.05, 0.1) is 0 Å². The maximum absolute atomic E-state index is 12.8. The highest BCUT2D eigenvalue weighted by Gasteiger charge is 2.32. The lowest BCUT2D eigenvalue weighted by molar-refractivity contribution is -0.119. The van der Waals surface area contributed by atoms with Crippen LogP contribution < -0.4 is 10.6 Å². The van der Waals surface area contributed by atoms with Crippen LogP contribution >= 0.6 is 0 Å². The quantitative estimate of drug-likeness (QED) is 0.908. The molecule has 2 rings (SSSR count). The van der Waals surface area contributed by atoms with Gasteiger partial charge in [0.25, 0.3) is 0 Å². The highest BCUT2D eigenvalue weighted by Crippen LogP contribution is 2.29. The Morgan fingerprint density at radius 2 is 2.00 bits per heavy atom. The van der Waals surface area contributed by atoms with Crippen molar-refractivity contribution >= 4 is 5.82 Å². The Morgan fingerprint density at radius 1 is 1.29 bits per heavy atom.